The lowest BCUT2D eigenvalue weighted by Crippen LogP contribution is -2.39. The monoisotopic (exact) mass is 425 g/mol. The fourth-order valence-corrected chi connectivity index (χ4v) is 5.19. The standard InChI is InChI=1S/C24H27N3O2.ClH/c28-23(21-15-17-7-1-3-10-20(17)26-21)25-19-9-5-8-18(14-19)24(29)27-13-12-16-6-2-4-11-22(16)27;/h2,4-6,8-9,11,14,17,20-21,26H,1,3,7,10,12-13,15H2,(H,25,28);1H. The predicted molar refractivity (Wildman–Crippen MR) is 121 cm³/mol. The van der Waals surface area contributed by atoms with E-state index in [2.05, 4.69) is 16.7 Å². The molecule has 2 aliphatic heterocycles. The zero-order chi connectivity index (χ0) is 19.8. The van der Waals surface area contributed by atoms with Crippen LogP contribution in [0.15, 0.2) is 48.5 Å². The first-order valence-electron chi connectivity index (χ1n) is 10.8. The summed E-state index contributed by atoms with van der Waals surface area (Å²) in [6.07, 6.45) is 6.74. The van der Waals surface area contributed by atoms with Crippen LogP contribution in [0.4, 0.5) is 11.4 Å². The van der Waals surface area contributed by atoms with Gasteiger partial charge in [-0.2, -0.15) is 0 Å². The number of halogens is 1. The third kappa shape index (κ3) is 3.96. The zero-order valence-corrected chi connectivity index (χ0v) is 17.8. The van der Waals surface area contributed by atoms with Crippen molar-refractivity contribution >= 4 is 35.6 Å². The van der Waals surface area contributed by atoms with Crippen molar-refractivity contribution in [3.63, 3.8) is 0 Å². The molecular weight excluding hydrogens is 398 g/mol. The Hall–Kier alpha value is -2.37. The van der Waals surface area contributed by atoms with Crippen molar-refractivity contribution in [1.29, 1.82) is 0 Å². The van der Waals surface area contributed by atoms with E-state index in [1.165, 1.54) is 31.2 Å². The Kier molecular flexibility index (Phi) is 6.11. The maximum atomic E-state index is 13.1. The lowest BCUT2D eigenvalue weighted by atomic mass is 9.85. The quantitative estimate of drug-likeness (QED) is 0.775. The average Bonchev–Trinajstić information content (AvgIpc) is 3.38. The van der Waals surface area contributed by atoms with E-state index in [9.17, 15) is 9.59 Å². The molecule has 2 aromatic rings. The maximum Gasteiger partial charge on any atom is 0.258 e. The number of carbonyl (C=O) groups is 2. The van der Waals surface area contributed by atoms with Crippen LogP contribution in [-0.4, -0.2) is 30.4 Å². The molecule has 0 bridgehead atoms. The van der Waals surface area contributed by atoms with Gasteiger partial charge >= 0.3 is 0 Å². The number of hydrogen-bond donors (Lipinski definition) is 2. The number of fused-ring (bicyclic) bond motifs is 2. The molecule has 0 radical (unpaired) electrons. The molecule has 2 N–H and O–H groups in total. The van der Waals surface area contributed by atoms with Crippen LogP contribution >= 0.6 is 12.4 Å². The number of carbonyl (C=O) groups excluding carboxylic acids is 2. The van der Waals surface area contributed by atoms with Crippen molar-refractivity contribution in [2.75, 3.05) is 16.8 Å². The van der Waals surface area contributed by atoms with Crippen LogP contribution in [-0.2, 0) is 11.2 Å². The van der Waals surface area contributed by atoms with Gasteiger partial charge in [-0.25, -0.2) is 0 Å². The van der Waals surface area contributed by atoms with Gasteiger partial charge in [0.1, 0.15) is 0 Å². The second-order valence-electron chi connectivity index (χ2n) is 8.51. The summed E-state index contributed by atoms with van der Waals surface area (Å²) in [6, 6.07) is 15.7. The molecule has 5 rings (SSSR count). The normalized spacial score (nSPS) is 24.5. The van der Waals surface area contributed by atoms with Gasteiger partial charge in [0.15, 0.2) is 0 Å². The topological polar surface area (TPSA) is 61.4 Å². The number of nitrogens with one attached hydrogen (secondary N) is 2. The minimum absolute atomic E-state index is 0. The van der Waals surface area contributed by atoms with E-state index < -0.39 is 0 Å². The molecule has 0 aromatic heterocycles. The third-order valence-electron chi connectivity index (χ3n) is 6.69. The second-order valence-corrected chi connectivity index (χ2v) is 8.51. The number of benzene rings is 2. The Labute approximate surface area is 183 Å². The van der Waals surface area contributed by atoms with Gasteiger partial charge in [-0.1, -0.05) is 37.1 Å². The van der Waals surface area contributed by atoms with Crippen LogP contribution in [0.3, 0.4) is 0 Å². The summed E-state index contributed by atoms with van der Waals surface area (Å²) in [4.78, 5) is 27.7. The lowest BCUT2D eigenvalue weighted by molar-refractivity contribution is -0.117. The summed E-state index contributed by atoms with van der Waals surface area (Å²) < 4.78 is 0. The Bertz CT molecular complexity index is 934. The molecule has 0 spiro atoms. The number of anilines is 2. The first kappa shape index (κ1) is 20.9. The van der Waals surface area contributed by atoms with Crippen molar-refractivity contribution in [2.24, 2.45) is 5.92 Å². The molecule has 2 aromatic carbocycles. The first-order chi connectivity index (χ1) is 14.2. The fourth-order valence-electron chi connectivity index (χ4n) is 5.19. The Morgan fingerprint density at radius 3 is 2.73 bits per heavy atom. The summed E-state index contributed by atoms with van der Waals surface area (Å²) in [5.41, 5.74) is 3.49. The molecule has 2 heterocycles. The minimum Gasteiger partial charge on any atom is -0.325 e. The van der Waals surface area contributed by atoms with Gasteiger partial charge in [0.05, 0.1) is 6.04 Å². The SMILES string of the molecule is Cl.O=C(Nc1cccc(C(=O)N2CCc3ccccc32)c1)C1CC2CCCCC2N1. The van der Waals surface area contributed by atoms with E-state index in [-0.39, 0.29) is 30.3 Å². The van der Waals surface area contributed by atoms with Crippen molar-refractivity contribution in [1.82, 2.24) is 5.32 Å². The van der Waals surface area contributed by atoms with Crippen molar-refractivity contribution in [3.8, 4) is 0 Å². The highest BCUT2D eigenvalue weighted by molar-refractivity contribution is 6.08. The first-order valence-corrected chi connectivity index (χ1v) is 10.8. The van der Waals surface area contributed by atoms with Gasteiger partial charge < -0.3 is 15.5 Å². The van der Waals surface area contributed by atoms with Gasteiger partial charge in [0, 0.05) is 29.5 Å². The van der Waals surface area contributed by atoms with Crippen LogP contribution in [0.1, 0.15) is 48.0 Å². The molecule has 3 unspecified atom stereocenters. The van der Waals surface area contributed by atoms with Gasteiger partial charge in [0.2, 0.25) is 5.91 Å². The van der Waals surface area contributed by atoms with Crippen molar-refractivity contribution < 1.29 is 9.59 Å². The van der Waals surface area contributed by atoms with Gasteiger partial charge in [0.25, 0.3) is 5.91 Å². The second kappa shape index (κ2) is 8.78. The van der Waals surface area contributed by atoms with Gasteiger partial charge in [-0.3, -0.25) is 9.59 Å². The molecule has 2 fully saturated rings. The van der Waals surface area contributed by atoms with E-state index >= 15 is 0 Å². The number of para-hydroxylation sites is 1. The number of amides is 2. The molecule has 6 heteroatoms. The third-order valence-corrected chi connectivity index (χ3v) is 6.69. The van der Waals surface area contributed by atoms with E-state index in [4.69, 9.17) is 0 Å². The highest BCUT2D eigenvalue weighted by Gasteiger charge is 2.38. The fraction of sp³-hybridized carbons (Fsp3) is 0.417. The van der Waals surface area contributed by atoms with Crippen LogP contribution in [0.5, 0.6) is 0 Å². The van der Waals surface area contributed by atoms with E-state index in [1.54, 1.807) is 6.07 Å². The summed E-state index contributed by atoms with van der Waals surface area (Å²) in [5, 5.41) is 6.55. The predicted octanol–water partition coefficient (Wildman–Crippen LogP) is 4.17. The molecule has 158 valence electrons. The number of nitrogens with zero attached hydrogens (tertiary/aromatic N) is 1. The largest absolute Gasteiger partial charge is 0.325 e. The van der Waals surface area contributed by atoms with Crippen LogP contribution in [0, 0.1) is 5.92 Å². The van der Waals surface area contributed by atoms with Crippen LogP contribution < -0.4 is 15.5 Å². The highest BCUT2D eigenvalue weighted by atomic mass is 35.5. The molecule has 30 heavy (non-hydrogen) atoms. The lowest BCUT2D eigenvalue weighted by Gasteiger charge is -2.24. The molecule has 5 nitrogen and oxygen atoms in total. The molecule has 2 amide bonds. The highest BCUT2D eigenvalue weighted by Crippen LogP contribution is 2.33. The Morgan fingerprint density at radius 2 is 1.87 bits per heavy atom. The van der Waals surface area contributed by atoms with E-state index in [0.717, 1.165) is 18.5 Å². The molecule has 1 saturated heterocycles. The minimum atomic E-state index is -0.132. The van der Waals surface area contributed by atoms with Crippen molar-refractivity contribution in [2.45, 2.75) is 50.6 Å². The summed E-state index contributed by atoms with van der Waals surface area (Å²) >= 11 is 0. The Morgan fingerprint density at radius 1 is 1.03 bits per heavy atom. The molecule has 1 aliphatic carbocycles. The van der Waals surface area contributed by atoms with Gasteiger partial charge in [-0.05, 0) is 61.4 Å². The van der Waals surface area contributed by atoms with Crippen molar-refractivity contribution in [3.05, 3.63) is 59.7 Å². The maximum absolute atomic E-state index is 13.1. The van der Waals surface area contributed by atoms with Gasteiger partial charge in [-0.15, -0.1) is 12.4 Å². The van der Waals surface area contributed by atoms with Crippen LogP contribution in [0.25, 0.3) is 0 Å². The molecule has 1 saturated carbocycles. The summed E-state index contributed by atoms with van der Waals surface area (Å²) in [7, 11) is 0. The number of hydrogen-bond acceptors (Lipinski definition) is 3. The molecule has 3 atom stereocenters. The summed E-state index contributed by atoms with van der Waals surface area (Å²) in [5.74, 6) is 0.620. The molecular formula is C24H28ClN3O2. The summed E-state index contributed by atoms with van der Waals surface area (Å²) in [6.45, 7) is 0.698. The average molecular weight is 426 g/mol. The van der Waals surface area contributed by atoms with Crippen LogP contribution in [0.2, 0.25) is 0 Å². The molecule has 3 aliphatic rings. The van der Waals surface area contributed by atoms with E-state index in [1.807, 2.05) is 41.3 Å². The zero-order valence-electron chi connectivity index (χ0n) is 17.0. The smallest absolute Gasteiger partial charge is 0.258 e. The van der Waals surface area contributed by atoms with E-state index in [0.29, 0.717) is 29.8 Å². The number of rotatable bonds is 3. The Balaban J connectivity index is 0.00000218.